The predicted molar refractivity (Wildman–Crippen MR) is 78.2 cm³/mol. The first-order valence-corrected chi connectivity index (χ1v) is 7.75. The number of benzene rings is 1. The van der Waals surface area contributed by atoms with Crippen LogP contribution in [0.4, 0.5) is 5.69 Å². The minimum Gasteiger partial charge on any atom is -0.325 e. The number of aryl methyl sites for hydroxylation is 1. The van der Waals surface area contributed by atoms with Crippen molar-refractivity contribution >= 4 is 21.6 Å². The second-order valence-corrected chi connectivity index (χ2v) is 7.15. The highest BCUT2D eigenvalue weighted by Gasteiger charge is 2.40. The molecule has 6 heteroatoms. The molecule has 5 nitrogen and oxygen atoms in total. The number of carbonyl (C=O) groups is 1. The number of fused-ring (bicyclic) bond motifs is 1. The zero-order chi connectivity index (χ0) is 15.1. The third kappa shape index (κ3) is 2.25. The molecule has 0 radical (unpaired) electrons. The lowest BCUT2D eigenvalue weighted by Crippen LogP contribution is -2.27. The van der Waals surface area contributed by atoms with Crippen LogP contribution in [0.3, 0.4) is 0 Å². The van der Waals surface area contributed by atoms with Gasteiger partial charge >= 0.3 is 0 Å². The van der Waals surface area contributed by atoms with E-state index < -0.39 is 15.4 Å². The Morgan fingerprint density at radius 1 is 1.40 bits per heavy atom. The lowest BCUT2D eigenvalue weighted by atomic mass is 9.85. The fraction of sp³-hybridized carbons (Fsp3) is 0.357. The molecule has 1 aliphatic heterocycles. The zero-order valence-corrected chi connectivity index (χ0v) is 12.6. The van der Waals surface area contributed by atoms with Gasteiger partial charge in [0.25, 0.3) is 0 Å². The van der Waals surface area contributed by atoms with Crippen molar-refractivity contribution in [3.63, 3.8) is 0 Å². The molecule has 2 N–H and O–H groups in total. The van der Waals surface area contributed by atoms with Crippen LogP contribution in [0.5, 0.6) is 0 Å². The standard InChI is InChI=1S/C14H18N2O3S/c1-5-6-15-20(18,19)10-7-9(2)12-11(8-10)14(3,4)13(17)16-12/h5,7-8,15H,1,6H2,2-4H3,(H,16,17). The molecule has 0 aromatic heterocycles. The number of carbonyl (C=O) groups excluding carboxylic acids is 1. The number of sulfonamides is 1. The molecule has 1 amide bonds. The first-order chi connectivity index (χ1) is 9.20. The molecule has 2 rings (SSSR count). The van der Waals surface area contributed by atoms with Gasteiger partial charge in [-0.1, -0.05) is 6.08 Å². The van der Waals surface area contributed by atoms with Gasteiger partial charge in [0.1, 0.15) is 0 Å². The van der Waals surface area contributed by atoms with Crippen molar-refractivity contribution in [2.24, 2.45) is 0 Å². The minimum absolute atomic E-state index is 0.121. The summed E-state index contributed by atoms with van der Waals surface area (Å²) in [5.41, 5.74) is 1.42. The summed E-state index contributed by atoms with van der Waals surface area (Å²) in [7, 11) is -3.59. The van der Waals surface area contributed by atoms with Gasteiger partial charge < -0.3 is 5.32 Å². The molecule has 1 aromatic carbocycles. The summed E-state index contributed by atoms with van der Waals surface area (Å²) >= 11 is 0. The molecule has 108 valence electrons. The third-order valence-corrected chi connectivity index (χ3v) is 4.92. The van der Waals surface area contributed by atoms with Crippen LogP contribution in [0, 0.1) is 6.92 Å². The minimum atomic E-state index is -3.59. The molecule has 0 spiro atoms. The Labute approximate surface area is 119 Å². The fourth-order valence-corrected chi connectivity index (χ4v) is 3.32. The van der Waals surface area contributed by atoms with Crippen LogP contribution in [0.1, 0.15) is 25.0 Å². The number of amides is 1. The first kappa shape index (κ1) is 14.7. The second-order valence-electron chi connectivity index (χ2n) is 5.38. The average molecular weight is 294 g/mol. The number of hydrogen-bond donors (Lipinski definition) is 2. The van der Waals surface area contributed by atoms with E-state index in [4.69, 9.17) is 0 Å². The highest BCUT2D eigenvalue weighted by molar-refractivity contribution is 7.89. The highest BCUT2D eigenvalue weighted by Crippen LogP contribution is 2.40. The zero-order valence-electron chi connectivity index (χ0n) is 11.8. The van der Waals surface area contributed by atoms with Gasteiger partial charge in [-0.15, -0.1) is 6.58 Å². The second kappa shape index (κ2) is 4.71. The summed E-state index contributed by atoms with van der Waals surface area (Å²) in [4.78, 5) is 12.1. The molecule has 0 bridgehead atoms. The largest absolute Gasteiger partial charge is 0.325 e. The van der Waals surface area contributed by atoms with Crippen molar-refractivity contribution in [1.29, 1.82) is 0 Å². The van der Waals surface area contributed by atoms with Gasteiger partial charge in [-0.3, -0.25) is 4.79 Å². The average Bonchev–Trinajstić information content (AvgIpc) is 2.59. The van der Waals surface area contributed by atoms with Crippen LogP contribution in [0.2, 0.25) is 0 Å². The summed E-state index contributed by atoms with van der Waals surface area (Å²) < 4.78 is 26.8. The molecule has 0 aliphatic carbocycles. The van der Waals surface area contributed by atoms with Gasteiger partial charge in [0.2, 0.25) is 15.9 Å². The highest BCUT2D eigenvalue weighted by atomic mass is 32.2. The predicted octanol–water partition coefficient (Wildman–Crippen LogP) is 1.69. The van der Waals surface area contributed by atoms with Gasteiger partial charge in [-0.2, -0.15) is 0 Å². The van der Waals surface area contributed by atoms with Gasteiger partial charge in [-0.05, 0) is 44.0 Å². The maximum Gasteiger partial charge on any atom is 0.240 e. The van der Waals surface area contributed by atoms with Gasteiger partial charge in [-0.25, -0.2) is 13.1 Å². The smallest absolute Gasteiger partial charge is 0.240 e. The van der Waals surface area contributed by atoms with Gasteiger partial charge in [0, 0.05) is 12.2 Å². The van der Waals surface area contributed by atoms with Crippen molar-refractivity contribution in [3.05, 3.63) is 35.9 Å². The van der Waals surface area contributed by atoms with E-state index >= 15 is 0 Å². The first-order valence-electron chi connectivity index (χ1n) is 6.27. The van der Waals surface area contributed by atoms with Crippen molar-refractivity contribution < 1.29 is 13.2 Å². The van der Waals surface area contributed by atoms with Crippen LogP contribution in [0.15, 0.2) is 29.7 Å². The van der Waals surface area contributed by atoms with Crippen LogP contribution in [0.25, 0.3) is 0 Å². The summed E-state index contributed by atoms with van der Waals surface area (Å²) in [5, 5.41) is 2.81. The lowest BCUT2D eigenvalue weighted by Gasteiger charge is -2.16. The Morgan fingerprint density at radius 2 is 2.05 bits per heavy atom. The molecule has 0 atom stereocenters. The van der Waals surface area contributed by atoms with Crippen LogP contribution >= 0.6 is 0 Å². The fourth-order valence-electron chi connectivity index (χ4n) is 2.21. The number of anilines is 1. The van der Waals surface area contributed by atoms with Crippen LogP contribution in [-0.2, 0) is 20.2 Å². The lowest BCUT2D eigenvalue weighted by molar-refractivity contribution is -0.119. The van der Waals surface area contributed by atoms with Gasteiger partial charge in [0.05, 0.1) is 10.3 Å². The molecule has 1 aromatic rings. The molecule has 20 heavy (non-hydrogen) atoms. The molecule has 1 aliphatic rings. The quantitative estimate of drug-likeness (QED) is 0.830. The normalized spacial score (nSPS) is 16.6. The number of nitrogens with one attached hydrogen (secondary N) is 2. The molecule has 0 saturated carbocycles. The summed E-state index contributed by atoms with van der Waals surface area (Å²) in [6.07, 6.45) is 1.48. The monoisotopic (exact) mass is 294 g/mol. The Kier molecular flexibility index (Phi) is 3.47. The topological polar surface area (TPSA) is 75.3 Å². The SMILES string of the molecule is C=CCNS(=O)(=O)c1cc(C)c2c(c1)C(C)(C)C(=O)N2. The van der Waals surface area contributed by atoms with E-state index in [0.717, 1.165) is 5.56 Å². The Bertz CT molecular complexity index is 691. The summed E-state index contributed by atoms with van der Waals surface area (Å²) in [6.45, 7) is 8.99. The molecular formula is C14H18N2O3S. The molecule has 0 saturated heterocycles. The van der Waals surface area contributed by atoms with Gasteiger partial charge in [0.15, 0.2) is 0 Å². The van der Waals surface area contributed by atoms with Crippen molar-refractivity contribution in [3.8, 4) is 0 Å². The number of rotatable bonds is 4. The van der Waals surface area contributed by atoms with E-state index in [2.05, 4.69) is 16.6 Å². The maximum absolute atomic E-state index is 12.2. The molecule has 1 heterocycles. The van der Waals surface area contributed by atoms with Crippen LogP contribution in [-0.4, -0.2) is 20.9 Å². The van der Waals surface area contributed by atoms with E-state index in [-0.39, 0.29) is 17.3 Å². The molecular weight excluding hydrogens is 276 g/mol. The van der Waals surface area contributed by atoms with E-state index in [0.29, 0.717) is 11.3 Å². The third-order valence-electron chi connectivity index (χ3n) is 3.52. The van der Waals surface area contributed by atoms with E-state index in [1.165, 1.54) is 6.08 Å². The van der Waals surface area contributed by atoms with E-state index in [1.54, 1.807) is 32.9 Å². The van der Waals surface area contributed by atoms with Crippen molar-refractivity contribution in [1.82, 2.24) is 4.72 Å². The molecule has 0 unspecified atom stereocenters. The Hall–Kier alpha value is -1.66. The summed E-state index contributed by atoms with van der Waals surface area (Å²) in [6, 6.07) is 3.12. The maximum atomic E-state index is 12.2. The summed E-state index contributed by atoms with van der Waals surface area (Å²) in [5.74, 6) is -0.121. The number of hydrogen-bond acceptors (Lipinski definition) is 3. The van der Waals surface area contributed by atoms with E-state index in [9.17, 15) is 13.2 Å². The molecule has 0 fully saturated rings. The Morgan fingerprint density at radius 3 is 2.65 bits per heavy atom. The Balaban J connectivity index is 2.57. The van der Waals surface area contributed by atoms with Crippen LogP contribution < -0.4 is 10.0 Å². The van der Waals surface area contributed by atoms with Crippen molar-refractivity contribution in [2.75, 3.05) is 11.9 Å². The van der Waals surface area contributed by atoms with E-state index in [1.807, 2.05) is 0 Å². The van der Waals surface area contributed by atoms with Crippen molar-refractivity contribution in [2.45, 2.75) is 31.1 Å².